The minimum absolute atomic E-state index is 0.0296. The number of ether oxygens (including phenoxy) is 3. The molecular formula is C22H34O4. The van der Waals surface area contributed by atoms with Crippen LogP contribution in [0.3, 0.4) is 0 Å². The average molecular weight is 363 g/mol. The van der Waals surface area contributed by atoms with Crippen molar-refractivity contribution in [2.45, 2.75) is 83.8 Å². The molecular weight excluding hydrogens is 328 g/mol. The number of aliphatic hydroxyl groups excluding tert-OH is 1. The second-order valence-corrected chi connectivity index (χ2v) is 7.79. The van der Waals surface area contributed by atoms with Crippen LogP contribution in [-0.2, 0) is 20.8 Å². The Morgan fingerprint density at radius 1 is 1.23 bits per heavy atom. The van der Waals surface area contributed by atoms with Gasteiger partial charge in [-0.3, -0.25) is 0 Å². The topological polar surface area (TPSA) is 47.9 Å². The van der Waals surface area contributed by atoms with Crippen molar-refractivity contribution in [1.82, 2.24) is 0 Å². The molecule has 1 aromatic rings. The molecule has 1 aromatic carbocycles. The first kappa shape index (κ1) is 21.1. The normalized spacial score (nSPS) is 26.0. The molecule has 2 rings (SSSR count). The second-order valence-electron chi connectivity index (χ2n) is 7.79. The fraction of sp³-hybridized carbons (Fsp3) is 0.636. The van der Waals surface area contributed by atoms with Crippen LogP contribution in [0.2, 0.25) is 0 Å². The summed E-state index contributed by atoms with van der Waals surface area (Å²) >= 11 is 0. The molecule has 0 spiro atoms. The Balaban J connectivity index is 1.77. The van der Waals surface area contributed by atoms with Crippen molar-refractivity contribution in [1.29, 1.82) is 0 Å². The highest BCUT2D eigenvalue weighted by atomic mass is 16.7. The third kappa shape index (κ3) is 6.51. The molecule has 4 nitrogen and oxygen atoms in total. The fourth-order valence-electron chi connectivity index (χ4n) is 3.36. The predicted octanol–water partition coefficient (Wildman–Crippen LogP) is 4.47. The lowest BCUT2D eigenvalue weighted by Gasteiger charge is -2.43. The van der Waals surface area contributed by atoms with Crippen molar-refractivity contribution < 1.29 is 19.3 Å². The van der Waals surface area contributed by atoms with Gasteiger partial charge < -0.3 is 19.3 Å². The largest absolute Gasteiger partial charge is 0.393 e. The van der Waals surface area contributed by atoms with E-state index in [1.54, 1.807) is 0 Å². The second kappa shape index (κ2) is 9.65. The standard InChI is InChI=1S/C22H34O4/c1-6-19-14-21(26-22(4,5)25-19)17(3)20(23)13-12-16(2)24-15-18-10-8-7-9-11-18/h6-11,16-17,19-21,23H,1,12-15H2,2-5H3/t16-,17+,19+,20-,21-/m1/s1. The van der Waals surface area contributed by atoms with E-state index in [9.17, 15) is 5.11 Å². The van der Waals surface area contributed by atoms with Gasteiger partial charge in [0, 0.05) is 12.3 Å². The van der Waals surface area contributed by atoms with Crippen LogP contribution >= 0.6 is 0 Å². The zero-order chi connectivity index (χ0) is 19.2. The SMILES string of the molecule is C=C[C@H]1C[C@H]([C@@H](C)[C@H](O)CC[C@@H](C)OCc2ccccc2)OC(C)(C)O1. The van der Waals surface area contributed by atoms with Gasteiger partial charge in [0.15, 0.2) is 5.79 Å². The minimum Gasteiger partial charge on any atom is -0.393 e. The van der Waals surface area contributed by atoms with Gasteiger partial charge in [-0.2, -0.15) is 0 Å². The Bertz CT molecular complexity index is 542. The summed E-state index contributed by atoms with van der Waals surface area (Å²) in [5.41, 5.74) is 1.17. The molecule has 1 aliphatic heterocycles. The van der Waals surface area contributed by atoms with Crippen LogP contribution in [0, 0.1) is 5.92 Å². The van der Waals surface area contributed by atoms with Crippen LogP contribution in [0.25, 0.3) is 0 Å². The molecule has 0 aromatic heterocycles. The van der Waals surface area contributed by atoms with E-state index in [0.717, 1.165) is 12.8 Å². The lowest BCUT2D eigenvalue weighted by molar-refractivity contribution is -0.302. The maximum atomic E-state index is 10.6. The Morgan fingerprint density at radius 2 is 1.92 bits per heavy atom. The third-order valence-corrected chi connectivity index (χ3v) is 5.04. The summed E-state index contributed by atoms with van der Waals surface area (Å²) < 4.78 is 17.7. The van der Waals surface area contributed by atoms with E-state index >= 15 is 0 Å². The van der Waals surface area contributed by atoms with Crippen molar-refractivity contribution in [3.63, 3.8) is 0 Å². The number of rotatable bonds is 9. The fourth-order valence-corrected chi connectivity index (χ4v) is 3.36. The van der Waals surface area contributed by atoms with Gasteiger partial charge in [0.05, 0.1) is 31.0 Å². The molecule has 0 radical (unpaired) electrons. The Hall–Kier alpha value is -1.20. The summed E-state index contributed by atoms with van der Waals surface area (Å²) in [7, 11) is 0. The molecule has 5 atom stereocenters. The molecule has 1 fully saturated rings. The smallest absolute Gasteiger partial charge is 0.163 e. The van der Waals surface area contributed by atoms with Gasteiger partial charge in [0.2, 0.25) is 0 Å². The highest BCUT2D eigenvalue weighted by molar-refractivity contribution is 5.13. The lowest BCUT2D eigenvalue weighted by atomic mass is 9.89. The van der Waals surface area contributed by atoms with Gasteiger partial charge in [-0.15, -0.1) is 6.58 Å². The molecule has 1 N–H and O–H groups in total. The summed E-state index contributed by atoms with van der Waals surface area (Å²) in [5.74, 6) is -0.621. The molecule has 1 aliphatic rings. The zero-order valence-electron chi connectivity index (χ0n) is 16.6. The summed E-state index contributed by atoms with van der Waals surface area (Å²) in [6, 6.07) is 10.1. The molecule has 1 saturated heterocycles. The molecule has 0 unspecified atom stereocenters. The molecule has 0 amide bonds. The first-order valence-electron chi connectivity index (χ1n) is 9.62. The van der Waals surface area contributed by atoms with E-state index in [1.807, 2.05) is 45.0 Å². The van der Waals surface area contributed by atoms with Crippen LogP contribution in [0.1, 0.15) is 52.5 Å². The monoisotopic (exact) mass is 362 g/mol. The van der Waals surface area contributed by atoms with Crippen molar-refractivity contribution in [3.05, 3.63) is 48.6 Å². The van der Waals surface area contributed by atoms with Crippen LogP contribution in [0.4, 0.5) is 0 Å². The summed E-state index contributed by atoms with van der Waals surface area (Å²) in [6.07, 6.45) is 3.64. The van der Waals surface area contributed by atoms with E-state index < -0.39 is 11.9 Å². The molecule has 0 aliphatic carbocycles. The molecule has 26 heavy (non-hydrogen) atoms. The maximum Gasteiger partial charge on any atom is 0.163 e. The van der Waals surface area contributed by atoms with Crippen molar-refractivity contribution >= 4 is 0 Å². The van der Waals surface area contributed by atoms with Crippen LogP contribution in [0.15, 0.2) is 43.0 Å². The number of hydrogen-bond donors (Lipinski definition) is 1. The van der Waals surface area contributed by atoms with E-state index in [-0.39, 0.29) is 24.2 Å². The number of aliphatic hydroxyl groups is 1. The highest BCUT2D eigenvalue weighted by Gasteiger charge is 2.38. The Kier molecular flexibility index (Phi) is 7.84. The van der Waals surface area contributed by atoms with E-state index in [0.29, 0.717) is 13.0 Å². The zero-order valence-corrected chi connectivity index (χ0v) is 16.6. The molecule has 1 heterocycles. The van der Waals surface area contributed by atoms with Gasteiger partial charge in [-0.05, 0) is 39.2 Å². The molecule has 4 heteroatoms. The van der Waals surface area contributed by atoms with E-state index in [1.165, 1.54) is 5.56 Å². The first-order valence-corrected chi connectivity index (χ1v) is 9.62. The van der Waals surface area contributed by atoms with Crippen LogP contribution < -0.4 is 0 Å². The molecule has 0 saturated carbocycles. The van der Waals surface area contributed by atoms with E-state index in [2.05, 4.69) is 25.6 Å². The minimum atomic E-state index is -0.651. The van der Waals surface area contributed by atoms with Crippen molar-refractivity contribution in [3.8, 4) is 0 Å². The molecule has 146 valence electrons. The maximum absolute atomic E-state index is 10.6. The van der Waals surface area contributed by atoms with Crippen molar-refractivity contribution in [2.24, 2.45) is 5.92 Å². The quantitative estimate of drug-likeness (QED) is 0.659. The van der Waals surface area contributed by atoms with Gasteiger partial charge in [-0.1, -0.05) is 43.3 Å². The van der Waals surface area contributed by atoms with Gasteiger partial charge in [-0.25, -0.2) is 0 Å². The summed E-state index contributed by atoms with van der Waals surface area (Å²) in [5, 5.41) is 10.6. The van der Waals surface area contributed by atoms with Gasteiger partial charge in [0.1, 0.15) is 0 Å². The van der Waals surface area contributed by atoms with Gasteiger partial charge in [0.25, 0.3) is 0 Å². The summed E-state index contributed by atoms with van der Waals surface area (Å²) in [4.78, 5) is 0. The summed E-state index contributed by atoms with van der Waals surface area (Å²) in [6.45, 7) is 12.4. The predicted molar refractivity (Wildman–Crippen MR) is 104 cm³/mol. The van der Waals surface area contributed by atoms with Crippen LogP contribution in [0.5, 0.6) is 0 Å². The Labute approximate surface area is 158 Å². The Morgan fingerprint density at radius 3 is 2.58 bits per heavy atom. The van der Waals surface area contributed by atoms with Crippen LogP contribution in [-0.4, -0.2) is 35.3 Å². The average Bonchev–Trinajstić information content (AvgIpc) is 2.63. The highest BCUT2D eigenvalue weighted by Crippen LogP contribution is 2.32. The molecule has 0 bridgehead atoms. The number of hydrogen-bond acceptors (Lipinski definition) is 4. The van der Waals surface area contributed by atoms with E-state index in [4.69, 9.17) is 14.2 Å². The third-order valence-electron chi connectivity index (χ3n) is 5.04. The lowest BCUT2D eigenvalue weighted by Crippen LogP contribution is -2.48. The van der Waals surface area contributed by atoms with Crippen molar-refractivity contribution in [2.75, 3.05) is 0 Å². The number of benzene rings is 1. The first-order chi connectivity index (χ1) is 12.3. The van der Waals surface area contributed by atoms with Gasteiger partial charge >= 0.3 is 0 Å².